The van der Waals surface area contributed by atoms with Crippen LogP contribution in [-0.2, 0) is 4.74 Å². The molecule has 3 heteroatoms. The number of fused-ring (bicyclic) bond motifs is 1. The van der Waals surface area contributed by atoms with Crippen molar-refractivity contribution in [3.63, 3.8) is 0 Å². The van der Waals surface area contributed by atoms with E-state index in [2.05, 4.69) is 15.9 Å². The Hall–Kier alpha value is -0.830. The van der Waals surface area contributed by atoms with Crippen molar-refractivity contribution in [2.75, 3.05) is 0 Å². The number of ether oxygens (including phenoxy) is 1. The lowest BCUT2D eigenvalue weighted by atomic mass is 10.1. The van der Waals surface area contributed by atoms with E-state index in [1.807, 2.05) is 19.1 Å². The van der Waals surface area contributed by atoms with Crippen molar-refractivity contribution < 1.29 is 9.53 Å². The van der Waals surface area contributed by atoms with Crippen LogP contribution < -0.4 is 0 Å². The van der Waals surface area contributed by atoms with Crippen molar-refractivity contribution in [1.82, 2.24) is 0 Å². The smallest absolute Gasteiger partial charge is 0.339 e. The molecule has 0 unspecified atom stereocenters. The van der Waals surface area contributed by atoms with E-state index in [1.54, 1.807) is 6.07 Å². The van der Waals surface area contributed by atoms with Gasteiger partial charge in [-0.1, -0.05) is 15.9 Å². The standard InChI is InChI=1S/C9H7BrO2/c1-5-8-4-6(10)2-3-7(8)9(11)12-5/h2-5H,1H3/t5-/m0/s1. The van der Waals surface area contributed by atoms with Crippen LogP contribution in [0.3, 0.4) is 0 Å². The van der Waals surface area contributed by atoms with Gasteiger partial charge >= 0.3 is 5.97 Å². The summed E-state index contributed by atoms with van der Waals surface area (Å²) in [7, 11) is 0. The summed E-state index contributed by atoms with van der Waals surface area (Å²) < 4.78 is 6.01. The number of hydrogen-bond donors (Lipinski definition) is 0. The summed E-state index contributed by atoms with van der Waals surface area (Å²) in [5, 5.41) is 0. The van der Waals surface area contributed by atoms with Gasteiger partial charge in [0.1, 0.15) is 6.10 Å². The van der Waals surface area contributed by atoms with Crippen LogP contribution in [0.15, 0.2) is 22.7 Å². The van der Waals surface area contributed by atoms with Crippen LogP contribution in [0.25, 0.3) is 0 Å². The fourth-order valence-electron chi connectivity index (χ4n) is 1.34. The molecular weight excluding hydrogens is 220 g/mol. The number of carbonyl (C=O) groups excluding carboxylic acids is 1. The van der Waals surface area contributed by atoms with Gasteiger partial charge in [-0.05, 0) is 25.1 Å². The maximum absolute atomic E-state index is 11.1. The minimum atomic E-state index is -0.218. The van der Waals surface area contributed by atoms with Crippen molar-refractivity contribution >= 4 is 21.9 Å². The molecule has 12 heavy (non-hydrogen) atoms. The molecule has 62 valence electrons. The van der Waals surface area contributed by atoms with E-state index >= 15 is 0 Å². The van der Waals surface area contributed by atoms with E-state index in [1.165, 1.54) is 0 Å². The van der Waals surface area contributed by atoms with Gasteiger partial charge in [-0.25, -0.2) is 4.79 Å². The first-order valence-corrected chi connectivity index (χ1v) is 4.48. The summed E-state index contributed by atoms with van der Waals surface area (Å²) >= 11 is 3.35. The molecule has 1 aliphatic heterocycles. The summed E-state index contributed by atoms with van der Waals surface area (Å²) in [5.41, 5.74) is 1.65. The van der Waals surface area contributed by atoms with Crippen molar-refractivity contribution in [1.29, 1.82) is 0 Å². The fourth-order valence-corrected chi connectivity index (χ4v) is 1.72. The zero-order chi connectivity index (χ0) is 8.72. The first kappa shape index (κ1) is 7.80. The molecule has 0 amide bonds. The third kappa shape index (κ3) is 1.05. The highest BCUT2D eigenvalue weighted by molar-refractivity contribution is 9.10. The van der Waals surface area contributed by atoms with Gasteiger partial charge in [0.25, 0.3) is 0 Å². The lowest BCUT2D eigenvalue weighted by molar-refractivity contribution is 0.0422. The highest BCUT2D eigenvalue weighted by Crippen LogP contribution is 2.31. The van der Waals surface area contributed by atoms with E-state index in [0.717, 1.165) is 10.0 Å². The molecular formula is C9H7BrO2. The lowest BCUT2D eigenvalue weighted by Crippen LogP contribution is -1.93. The Labute approximate surface area is 78.7 Å². The maximum Gasteiger partial charge on any atom is 0.339 e. The highest BCUT2D eigenvalue weighted by atomic mass is 79.9. The summed E-state index contributed by atoms with van der Waals surface area (Å²) in [5.74, 6) is -0.218. The lowest BCUT2D eigenvalue weighted by Gasteiger charge is -2.01. The summed E-state index contributed by atoms with van der Waals surface area (Å²) in [4.78, 5) is 11.1. The number of esters is 1. The molecule has 0 aliphatic carbocycles. The minimum absolute atomic E-state index is 0.106. The monoisotopic (exact) mass is 226 g/mol. The molecule has 0 aromatic heterocycles. The predicted molar refractivity (Wildman–Crippen MR) is 48.0 cm³/mol. The zero-order valence-electron chi connectivity index (χ0n) is 6.50. The molecule has 1 atom stereocenters. The minimum Gasteiger partial charge on any atom is -0.454 e. The molecule has 0 saturated carbocycles. The van der Waals surface area contributed by atoms with Crippen LogP contribution in [0.4, 0.5) is 0 Å². The van der Waals surface area contributed by atoms with Crippen LogP contribution in [-0.4, -0.2) is 5.97 Å². The normalized spacial score (nSPS) is 20.5. The third-order valence-electron chi connectivity index (χ3n) is 1.96. The largest absolute Gasteiger partial charge is 0.454 e. The molecule has 0 fully saturated rings. The zero-order valence-corrected chi connectivity index (χ0v) is 8.09. The van der Waals surface area contributed by atoms with Crippen LogP contribution in [0.1, 0.15) is 28.9 Å². The van der Waals surface area contributed by atoms with E-state index in [9.17, 15) is 4.79 Å². The van der Waals surface area contributed by atoms with Gasteiger partial charge in [-0.15, -0.1) is 0 Å². The number of halogens is 1. The van der Waals surface area contributed by atoms with Gasteiger partial charge < -0.3 is 4.74 Å². The maximum atomic E-state index is 11.1. The highest BCUT2D eigenvalue weighted by Gasteiger charge is 2.27. The Bertz CT molecular complexity index is 346. The summed E-state index contributed by atoms with van der Waals surface area (Å²) in [6.45, 7) is 1.87. The molecule has 1 aromatic rings. The number of hydrogen-bond acceptors (Lipinski definition) is 2. The van der Waals surface area contributed by atoms with Crippen molar-refractivity contribution in [2.24, 2.45) is 0 Å². The van der Waals surface area contributed by atoms with Gasteiger partial charge in [-0.2, -0.15) is 0 Å². The van der Waals surface area contributed by atoms with Crippen LogP contribution in [0.5, 0.6) is 0 Å². The van der Waals surface area contributed by atoms with Crippen LogP contribution in [0.2, 0.25) is 0 Å². The Morgan fingerprint density at radius 3 is 3.00 bits per heavy atom. The average Bonchev–Trinajstić information content (AvgIpc) is 2.28. The Kier molecular flexibility index (Phi) is 1.68. The number of carbonyl (C=O) groups is 1. The molecule has 0 spiro atoms. The molecule has 0 radical (unpaired) electrons. The van der Waals surface area contributed by atoms with Gasteiger partial charge in [0, 0.05) is 10.0 Å². The van der Waals surface area contributed by atoms with E-state index < -0.39 is 0 Å². The van der Waals surface area contributed by atoms with E-state index in [4.69, 9.17) is 4.74 Å². The Morgan fingerprint density at radius 2 is 2.25 bits per heavy atom. The molecule has 2 nitrogen and oxygen atoms in total. The van der Waals surface area contributed by atoms with Gasteiger partial charge in [0.05, 0.1) is 5.56 Å². The van der Waals surface area contributed by atoms with E-state index in [0.29, 0.717) is 5.56 Å². The van der Waals surface area contributed by atoms with Crippen molar-refractivity contribution in [2.45, 2.75) is 13.0 Å². The number of rotatable bonds is 0. The van der Waals surface area contributed by atoms with Crippen molar-refractivity contribution in [3.8, 4) is 0 Å². The second kappa shape index (κ2) is 2.59. The molecule has 0 N–H and O–H groups in total. The van der Waals surface area contributed by atoms with Gasteiger partial charge in [0.15, 0.2) is 0 Å². The molecule has 0 saturated heterocycles. The summed E-state index contributed by atoms with van der Waals surface area (Å²) in [6.07, 6.45) is -0.106. The number of benzene rings is 1. The summed E-state index contributed by atoms with van der Waals surface area (Å²) in [6, 6.07) is 5.55. The second-order valence-electron chi connectivity index (χ2n) is 2.78. The van der Waals surface area contributed by atoms with E-state index in [-0.39, 0.29) is 12.1 Å². The molecule has 2 rings (SSSR count). The van der Waals surface area contributed by atoms with Crippen molar-refractivity contribution in [3.05, 3.63) is 33.8 Å². The predicted octanol–water partition coefficient (Wildman–Crippen LogP) is 2.68. The van der Waals surface area contributed by atoms with Crippen LogP contribution in [0, 0.1) is 0 Å². The average molecular weight is 227 g/mol. The van der Waals surface area contributed by atoms with Gasteiger partial charge in [0.2, 0.25) is 0 Å². The SMILES string of the molecule is C[C@@H]1OC(=O)c2ccc(Br)cc21. The fraction of sp³-hybridized carbons (Fsp3) is 0.222. The first-order chi connectivity index (χ1) is 5.68. The molecule has 1 aromatic carbocycles. The van der Waals surface area contributed by atoms with Gasteiger partial charge in [-0.3, -0.25) is 0 Å². The second-order valence-corrected chi connectivity index (χ2v) is 3.69. The van der Waals surface area contributed by atoms with Crippen LogP contribution >= 0.6 is 15.9 Å². The quantitative estimate of drug-likeness (QED) is 0.637. The third-order valence-corrected chi connectivity index (χ3v) is 2.45. The molecule has 1 heterocycles. The molecule has 1 aliphatic rings. The molecule has 0 bridgehead atoms. The number of cyclic esters (lactones) is 1. The first-order valence-electron chi connectivity index (χ1n) is 3.69. The topological polar surface area (TPSA) is 26.3 Å². The Morgan fingerprint density at radius 1 is 1.50 bits per heavy atom. The Balaban J connectivity index is 2.60.